The van der Waals surface area contributed by atoms with Crippen LogP contribution < -0.4 is 10.6 Å². The Morgan fingerprint density at radius 1 is 1.04 bits per heavy atom. The Morgan fingerprint density at radius 3 is 2.64 bits per heavy atom. The van der Waals surface area contributed by atoms with Gasteiger partial charge in [0, 0.05) is 42.9 Å². The Bertz CT molecular complexity index is 928. The highest BCUT2D eigenvalue weighted by atomic mass is 16.5. The van der Waals surface area contributed by atoms with Gasteiger partial charge in [-0.25, -0.2) is 19.9 Å². The van der Waals surface area contributed by atoms with E-state index in [-0.39, 0.29) is 5.95 Å². The largest absolute Gasteiger partial charge is 0.378 e. The first-order chi connectivity index (χ1) is 12.3. The van der Waals surface area contributed by atoms with Gasteiger partial charge in [0.25, 0.3) is 0 Å². The third-order valence-electron chi connectivity index (χ3n) is 4.88. The molecule has 0 bridgehead atoms. The summed E-state index contributed by atoms with van der Waals surface area (Å²) in [5, 5.41) is 0. The number of hydrogen-bond donors (Lipinski definition) is 1. The molecular formula is C17H19N7O. The molecule has 0 aromatic carbocycles. The Balaban J connectivity index is 1.71. The average Bonchev–Trinajstić information content (AvgIpc) is 3.24. The van der Waals surface area contributed by atoms with Crippen molar-refractivity contribution in [3.8, 4) is 11.3 Å². The van der Waals surface area contributed by atoms with Crippen LogP contribution in [0.4, 0.5) is 11.8 Å². The number of fused-ring (bicyclic) bond motifs is 3. The number of imidazole rings is 1. The van der Waals surface area contributed by atoms with E-state index in [0.717, 1.165) is 55.1 Å². The van der Waals surface area contributed by atoms with Gasteiger partial charge in [0.15, 0.2) is 11.5 Å². The highest BCUT2D eigenvalue weighted by molar-refractivity contribution is 5.71. The predicted octanol–water partition coefficient (Wildman–Crippen LogP) is 1.09. The normalized spacial score (nSPS) is 17.2. The molecular weight excluding hydrogens is 318 g/mol. The molecule has 4 heterocycles. The molecule has 0 spiro atoms. The predicted molar refractivity (Wildman–Crippen MR) is 93.5 cm³/mol. The fourth-order valence-corrected chi connectivity index (χ4v) is 3.61. The highest BCUT2D eigenvalue weighted by Crippen LogP contribution is 2.30. The van der Waals surface area contributed by atoms with E-state index in [9.17, 15) is 0 Å². The van der Waals surface area contributed by atoms with E-state index in [0.29, 0.717) is 13.2 Å². The van der Waals surface area contributed by atoms with E-state index in [1.165, 1.54) is 11.4 Å². The maximum atomic E-state index is 5.62. The summed E-state index contributed by atoms with van der Waals surface area (Å²) in [5.74, 6) is 1.17. The van der Waals surface area contributed by atoms with Gasteiger partial charge in [0.1, 0.15) is 0 Å². The van der Waals surface area contributed by atoms with E-state index >= 15 is 0 Å². The van der Waals surface area contributed by atoms with Gasteiger partial charge in [-0.1, -0.05) is 0 Å². The first-order valence-electron chi connectivity index (χ1n) is 8.61. The number of nitrogen functional groups attached to an aromatic ring is 1. The summed E-state index contributed by atoms with van der Waals surface area (Å²) >= 11 is 0. The molecule has 1 aliphatic heterocycles. The molecule has 2 aliphatic rings. The third-order valence-corrected chi connectivity index (χ3v) is 4.88. The number of anilines is 2. The van der Waals surface area contributed by atoms with Crippen molar-refractivity contribution in [3.63, 3.8) is 0 Å². The van der Waals surface area contributed by atoms with Crippen LogP contribution in [0.25, 0.3) is 16.9 Å². The summed E-state index contributed by atoms with van der Waals surface area (Å²) in [7, 11) is 0. The number of hydrogen-bond acceptors (Lipinski definition) is 7. The van der Waals surface area contributed by atoms with Gasteiger partial charge in [-0.05, 0) is 19.3 Å². The van der Waals surface area contributed by atoms with Crippen LogP contribution in [-0.4, -0.2) is 50.6 Å². The van der Waals surface area contributed by atoms with Gasteiger partial charge in [-0.3, -0.25) is 4.40 Å². The van der Waals surface area contributed by atoms with Crippen LogP contribution in [-0.2, 0) is 17.6 Å². The SMILES string of the molecule is Nc1ncc(-c2cn3c4c(nc3c(N3CCOCC3)n2)CCC4)cn1. The van der Waals surface area contributed by atoms with E-state index in [1.54, 1.807) is 12.4 Å². The Morgan fingerprint density at radius 2 is 1.84 bits per heavy atom. The van der Waals surface area contributed by atoms with Crippen molar-refractivity contribution in [2.24, 2.45) is 0 Å². The standard InChI is InChI=1S/C17H19N7O/c18-17-19-8-11(9-20-17)13-10-24-14-3-1-2-12(14)21-16(24)15(22-13)23-4-6-25-7-5-23/h8-10H,1-7H2,(H2,18,19,20). The third kappa shape index (κ3) is 2.41. The molecule has 1 fully saturated rings. The minimum absolute atomic E-state index is 0.266. The average molecular weight is 337 g/mol. The Kier molecular flexibility index (Phi) is 3.30. The second-order valence-electron chi connectivity index (χ2n) is 6.43. The molecule has 0 amide bonds. The topological polar surface area (TPSA) is 94.5 Å². The molecule has 1 saturated heterocycles. The van der Waals surface area contributed by atoms with Crippen molar-refractivity contribution in [2.75, 3.05) is 36.9 Å². The molecule has 3 aromatic rings. The monoisotopic (exact) mass is 337 g/mol. The van der Waals surface area contributed by atoms with E-state index in [2.05, 4.69) is 19.3 Å². The van der Waals surface area contributed by atoms with Crippen LogP contribution in [0.1, 0.15) is 17.8 Å². The minimum atomic E-state index is 0.266. The van der Waals surface area contributed by atoms with Gasteiger partial charge in [0.2, 0.25) is 5.95 Å². The molecule has 1 aliphatic carbocycles. The number of rotatable bonds is 2. The summed E-state index contributed by atoms with van der Waals surface area (Å²) in [6.45, 7) is 3.07. The molecule has 25 heavy (non-hydrogen) atoms. The van der Waals surface area contributed by atoms with Crippen LogP contribution in [0.15, 0.2) is 18.6 Å². The van der Waals surface area contributed by atoms with E-state index in [1.807, 2.05) is 6.20 Å². The summed E-state index contributed by atoms with van der Waals surface area (Å²) < 4.78 is 7.69. The summed E-state index contributed by atoms with van der Waals surface area (Å²) in [5.41, 5.74) is 10.7. The zero-order valence-corrected chi connectivity index (χ0v) is 13.9. The molecule has 0 saturated carbocycles. The van der Waals surface area contributed by atoms with Crippen LogP contribution in [0, 0.1) is 0 Å². The number of morpholine rings is 1. The highest BCUT2D eigenvalue weighted by Gasteiger charge is 2.24. The molecule has 0 radical (unpaired) electrons. The smallest absolute Gasteiger partial charge is 0.219 e. The molecule has 3 aromatic heterocycles. The maximum absolute atomic E-state index is 5.62. The Hall–Kier alpha value is -2.74. The maximum Gasteiger partial charge on any atom is 0.219 e. The van der Waals surface area contributed by atoms with Gasteiger partial charge in [0.05, 0.1) is 24.6 Å². The lowest BCUT2D eigenvalue weighted by atomic mass is 10.2. The van der Waals surface area contributed by atoms with Crippen molar-refractivity contribution in [2.45, 2.75) is 19.3 Å². The Labute approximate surface area is 144 Å². The second kappa shape index (κ2) is 5.66. The van der Waals surface area contributed by atoms with Crippen LogP contribution in [0.5, 0.6) is 0 Å². The number of aromatic nitrogens is 5. The summed E-state index contributed by atoms with van der Waals surface area (Å²) in [4.78, 5) is 20.3. The number of aryl methyl sites for hydroxylation is 2. The second-order valence-corrected chi connectivity index (χ2v) is 6.43. The van der Waals surface area contributed by atoms with Crippen LogP contribution in [0.2, 0.25) is 0 Å². The quantitative estimate of drug-likeness (QED) is 0.748. The first kappa shape index (κ1) is 14.6. The lowest BCUT2D eigenvalue weighted by Gasteiger charge is -2.28. The fourth-order valence-electron chi connectivity index (χ4n) is 3.61. The molecule has 8 nitrogen and oxygen atoms in total. The minimum Gasteiger partial charge on any atom is -0.378 e. The molecule has 2 N–H and O–H groups in total. The number of ether oxygens (including phenoxy) is 1. The zero-order valence-electron chi connectivity index (χ0n) is 13.9. The van der Waals surface area contributed by atoms with Crippen molar-refractivity contribution in [1.82, 2.24) is 24.3 Å². The number of nitrogens with two attached hydrogens (primary N) is 1. The van der Waals surface area contributed by atoms with Gasteiger partial charge >= 0.3 is 0 Å². The summed E-state index contributed by atoms with van der Waals surface area (Å²) in [6.07, 6.45) is 8.75. The lowest BCUT2D eigenvalue weighted by molar-refractivity contribution is 0.122. The number of nitrogens with zero attached hydrogens (tertiary/aromatic N) is 6. The van der Waals surface area contributed by atoms with Crippen molar-refractivity contribution in [3.05, 3.63) is 30.0 Å². The molecule has 128 valence electrons. The molecule has 8 heteroatoms. The first-order valence-corrected chi connectivity index (χ1v) is 8.61. The van der Waals surface area contributed by atoms with Crippen molar-refractivity contribution in [1.29, 1.82) is 0 Å². The molecule has 5 rings (SSSR count). The van der Waals surface area contributed by atoms with Gasteiger partial charge in [-0.2, -0.15) is 0 Å². The summed E-state index contributed by atoms with van der Waals surface area (Å²) in [6, 6.07) is 0. The van der Waals surface area contributed by atoms with Gasteiger partial charge < -0.3 is 15.4 Å². The van der Waals surface area contributed by atoms with Gasteiger partial charge in [-0.15, -0.1) is 0 Å². The molecule has 0 unspecified atom stereocenters. The van der Waals surface area contributed by atoms with E-state index in [4.69, 9.17) is 20.4 Å². The lowest BCUT2D eigenvalue weighted by Crippen LogP contribution is -2.37. The van der Waals surface area contributed by atoms with Crippen LogP contribution >= 0.6 is 0 Å². The van der Waals surface area contributed by atoms with E-state index < -0.39 is 0 Å². The van der Waals surface area contributed by atoms with Crippen LogP contribution in [0.3, 0.4) is 0 Å². The fraction of sp³-hybridized carbons (Fsp3) is 0.412. The zero-order chi connectivity index (χ0) is 16.8. The van der Waals surface area contributed by atoms with Crippen molar-refractivity contribution < 1.29 is 4.74 Å². The van der Waals surface area contributed by atoms with Crippen molar-refractivity contribution >= 4 is 17.4 Å². The molecule has 0 atom stereocenters.